The van der Waals surface area contributed by atoms with E-state index in [-0.39, 0.29) is 0 Å². The first kappa shape index (κ1) is 14.1. The predicted octanol–water partition coefficient (Wildman–Crippen LogP) is 4.86. The van der Waals surface area contributed by atoms with Gasteiger partial charge in [0.05, 0.1) is 0 Å². The standard InChI is InChI=1S/C16H26O/c1-3-5-7-10-14-12-9-13-15(16(14)17)11-8-6-4-2/h9,12-13,17H,3-8,10-11H2,1-2H3. The number of hydrogen-bond acceptors (Lipinski definition) is 1. The second kappa shape index (κ2) is 8.16. The van der Waals surface area contributed by atoms with Gasteiger partial charge in [-0.05, 0) is 36.8 Å². The molecular weight excluding hydrogens is 208 g/mol. The fourth-order valence-electron chi connectivity index (χ4n) is 2.18. The summed E-state index contributed by atoms with van der Waals surface area (Å²) in [6.07, 6.45) is 9.36. The zero-order chi connectivity index (χ0) is 12.5. The average molecular weight is 234 g/mol. The maximum absolute atomic E-state index is 10.2. The molecule has 1 heteroatoms. The average Bonchev–Trinajstić information content (AvgIpc) is 2.34. The van der Waals surface area contributed by atoms with Gasteiger partial charge < -0.3 is 5.11 Å². The van der Waals surface area contributed by atoms with Gasteiger partial charge in [-0.1, -0.05) is 57.7 Å². The van der Waals surface area contributed by atoms with E-state index in [1.165, 1.54) is 38.5 Å². The van der Waals surface area contributed by atoms with E-state index in [2.05, 4.69) is 32.0 Å². The first-order valence-corrected chi connectivity index (χ1v) is 7.09. The number of para-hydroxylation sites is 1. The van der Waals surface area contributed by atoms with E-state index >= 15 is 0 Å². The van der Waals surface area contributed by atoms with Gasteiger partial charge in [0.1, 0.15) is 5.75 Å². The van der Waals surface area contributed by atoms with Crippen molar-refractivity contribution in [2.24, 2.45) is 0 Å². The van der Waals surface area contributed by atoms with Crippen LogP contribution < -0.4 is 0 Å². The third-order valence-electron chi connectivity index (χ3n) is 3.30. The first-order chi connectivity index (χ1) is 8.29. The van der Waals surface area contributed by atoms with Crippen LogP contribution in [0.3, 0.4) is 0 Å². The molecule has 0 aromatic heterocycles. The minimum atomic E-state index is 0.555. The zero-order valence-corrected chi connectivity index (χ0v) is 11.3. The van der Waals surface area contributed by atoms with Crippen molar-refractivity contribution in [1.82, 2.24) is 0 Å². The van der Waals surface area contributed by atoms with E-state index in [9.17, 15) is 5.11 Å². The SMILES string of the molecule is CCCCCc1cccc(CCCCC)c1O. The van der Waals surface area contributed by atoms with Crippen LogP contribution >= 0.6 is 0 Å². The van der Waals surface area contributed by atoms with Gasteiger partial charge in [0, 0.05) is 0 Å². The minimum absolute atomic E-state index is 0.555. The predicted molar refractivity (Wildman–Crippen MR) is 74.6 cm³/mol. The third kappa shape index (κ3) is 4.80. The Labute approximate surface area is 106 Å². The quantitative estimate of drug-likeness (QED) is 0.637. The van der Waals surface area contributed by atoms with Gasteiger partial charge in [-0.25, -0.2) is 0 Å². The number of aryl methyl sites for hydroxylation is 2. The Morgan fingerprint density at radius 3 is 1.71 bits per heavy atom. The lowest BCUT2D eigenvalue weighted by atomic mass is 9.99. The summed E-state index contributed by atoms with van der Waals surface area (Å²) in [4.78, 5) is 0. The largest absolute Gasteiger partial charge is 0.507 e. The number of phenols is 1. The molecule has 0 saturated heterocycles. The van der Waals surface area contributed by atoms with Crippen LogP contribution in [0.4, 0.5) is 0 Å². The van der Waals surface area contributed by atoms with Crippen LogP contribution in [0.15, 0.2) is 18.2 Å². The van der Waals surface area contributed by atoms with E-state index < -0.39 is 0 Å². The molecule has 0 aliphatic rings. The van der Waals surface area contributed by atoms with Gasteiger partial charge in [-0.15, -0.1) is 0 Å². The topological polar surface area (TPSA) is 20.2 Å². The molecule has 96 valence electrons. The van der Waals surface area contributed by atoms with Crippen LogP contribution in [-0.4, -0.2) is 5.11 Å². The van der Waals surface area contributed by atoms with Crippen molar-refractivity contribution in [3.63, 3.8) is 0 Å². The zero-order valence-electron chi connectivity index (χ0n) is 11.3. The number of unbranched alkanes of at least 4 members (excludes halogenated alkanes) is 4. The highest BCUT2D eigenvalue weighted by Gasteiger charge is 2.06. The molecule has 1 N–H and O–H groups in total. The number of benzene rings is 1. The monoisotopic (exact) mass is 234 g/mol. The van der Waals surface area contributed by atoms with Crippen molar-refractivity contribution in [3.05, 3.63) is 29.3 Å². The van der Waals surface area contributed by atoms with Crippen molar-refractivity contribution in [3.8, 4) is 5.75 Å². The van der Waals surface area contributed by atoms with Crippen molar-refractivity contribution in [2.75, 3.05) is 0 Å². The smallest absolute Gasteiger partial charge is 0.121 e. The summed E-state index contributed by atoms with van der Waals surface area (Å²) in [7, 11) is 0. The van der Waals surface area contributed by atoms with Crippen molar-refractivity contribution in [2.45, 2.75) is 65.2 Å². The summed E-state index contributed by atoms with van der Waals surface area (Å²) in [6.45, 7) is 4.42. The van der Waals surface area contributed by atoms with Crippen LogP contribution in [0, 0.1) is 0 Å². The van der Waals surface area contributed by atoms with Crippen LogP contribution in [0.1, 0.15) is 63.5 Å². The van der Waals surface area contributed by atoms with Crippen LogP contribution in [0.5, 0.6) is 5.75 Å². The Bertz CT molecular complexity index is 289. The molecule has 17 heavy (non-hydrogen) atoms. The summed E-state index contributed by atoms with van der Waals surface area (Å²) >= 11 is 0. The van der Waals surface area contributed by atoms with E-state index in [4.69, 9.17) is 0 Å². The second-order valence-corrected chi connectivity index (χ2v) is 4.84. The lowest BCUT2D eigenvalue weighted by molar-refractivity contribution is 0.458. The second-order valence-electron chi connectivity index (χ2n) is 4.84. The number of hydrogen-bond donors (Lipinski definition) is 1. The summed E-state index contributed by atoms with van der Waals surface area (Å²) in [5.74, 6) is 0.555. The van der Waals surface area contributed by atoms with Crippen LogP contribution in [-0.2, 0) is 12.8 Å². The minimum Gasteiger partial charge on any atom is -0.507 e. The molecule has 1 rings (SSSR count). The molecule has 0 radical (unpaired) electrons. The first-order valence-electron chi connectivity index (χ1n) is 7.09. The summed E-state index contributed by atoms with van der Waals surface area (Å²) in [6, 6.07) is 6.21. The van der Waals surface area contributed by atoms with Crippen molar-refractivity contribution in [1.29, 1.82) is 0 Å². The molecule has 1 aromatic carbocycles. The molecule has 0 saturated carbocycles. The molecular formula is C16H26O. The molecule has 0 atom stereocenters. The molecule has 0 amide bonds. The molecule has 0 fully saturated rings. The maximum atomic E-state index is 10.2. The lowest BCUT2D eigenvalue weighted by Gasteiger charge is -2.09. The fraction of sp³-hybridized carbons (Fsp3) is 0.625. The van der Waals surface area contributed by atoms with E-state index in [0.29, 0.717) is 5.75 Å². The van der Waals surface area contributed by atoms with E-state index in [0.717, 1.165) is 24.0 Å². The lowest BCUT2D eigenvalue weighted by Crippen LogP contribution is -1.92. The molecule has 0 spiro atoms. The molecule has 0 bridgehead atoms. The third-order valence-corrected chi connectivity index (χ3v) is 3.30. The highest BCUT2D eigenvalue weighted by molar-refractivity contribution is 5.40. The molecule has 0 aliphatic heterocycles. The summed E-state index contributed by atoms with van der Waals surface area (Å²) < 4.78 is 0. The van der Waals surface area contributed by atoms with Gasteiger partial charge in [-0.2, -0.15) is 0 Å². The van der Waals surface area contributed by atoms with Gasteiger partial charge in [0.15, 0.2) is 0 Å². The Balaban J connectivity index is 2.56. The van der Waals surface area contributed by atoms with Crippen molar-refractivity contribution >= 4 is 0 Å². The molecule has 0 aliphatic carbocycles. The maximum Gasteiger partial charge on any atom is 0.121 e. The Morgan fingerprint density at radius 1 is 0.824 bits per heavy atom. The van der Waals surface area contributed by atoms with Crippen LogP contribution in [0.2, 0.25) is 0 Å². The summed E-state index contributed by atoms with van der Waals surface area (Å²) in [5, 5.41) is 10.2. The van der Waals surface area contributed by atoms with Gasteiger partial charge >= 0.3 is 0 Å². The Kier molecular flexibility index (Phi) is 6.76. The Hall–Kier alpha value is -0.980. The molecule has 0 heterocycles. The molecule has 0 unspecified atom stereocenters. The van der Waals surface area contributed by atoms with Crippen molar-refractivity contribution < 1.29 is 5.11 Å². The fourth-order valence-corrected chi connectivity index (χ4v) is 2.18. The highest BCUT2D eigenvalue weighted by atomic mass is 16.3. The number of phenolic OH excluding ortho intramolecular Hbond substituents is 1. The Morgan fingerprint density at radius 2 is 1.29 bits per heavy atom. The summed E-state index contributed by atoms with van der Waals surface area (Å²) in [5.41, 5.74) is 2.26. The van der Waals surface area contributed by atoms with E-state index in [1.807, 2.05) is 0 Å². The molecule has 1 aromatic rings. The van der Waals surface area contributed by atoms with Gasteiger partial charge in [0.25, 0.3) is 0 Å². The molecule has 1 nitrogen and oxygen atoms in total. The number of aromatic hydroxyl groups is 1. The van der Waals surface area contributed by atoms with Gasteiger partial charge in [-0.3, -0.25) is 0 Å². The highest BCUT2D eigenvalue weighted by Crippen LogP contribution is 2.25. The number of rotatable bonds is 8. The normalized spacial score (nSPS) is 10.7. The van der Waals surface area contributed by atoms with E-state index in [1.54, 1.807) is 0 Å². The van der Waals surface area contributed by atoms with Gasteiger partial charge in [0.2, 0.25) is 0 Å². The van der Waals surface area contributed by atoms with Crippen LogP contribution in [0.25, 0.3) is 0 Å².